The van der Waals surface area contributed by atoms with Crippen LogP contribution in [0.5, 0.6) is 11.5 Å². The summed E-state index contributed by atoms with van der Waals surface area (Å²) in [4.78, 5) is 28.5. The molecule has 1 aromatic carbocycles. The fraction of sp³-hybridized carbons (Fsp3) is 0.333. The molecular formula is C24H26N6O5. The SMILES string of the molecule is CC(C(=O)Nc1ccn(C[C@@H]2COC(C)(C)O2)n1)n1ncc(Oc2cccc3[nH]ccc23)cc1=O. The van der Waals surface area contributed by atoms with Gasteiger partial charge < -0.3 is 24.5 Å². The van der Waals surface area contributed by atoms with Crippen LogP contribution in [-0.4, -0.2) is 49.0 Å². The van der Waals surface area contributed by atoms with Crippen LogP contribution < -0.4 is 15.6 Å². The van der Waals surface area contributed by atoms with Gasteiger partial charge in [0.15, 0.2) is 17.4 Å². The number of carbonyl (C=O) groups excluding carboxylic acids is 1. The van der Waals surface area contributed by atoms with Gasteiger partial charge in [-0.15, -0.1) is 0 Å². The van der Waals surface area contributed by atoms with E-state index < -0.39 is 23.3 Å². The Morgan fingerprint density at radius 3 is 2.97 bits per heavy atom. The van der Waals surface area contributed by atoms with E-state index in [0.29, 0.717) is 24.7 Å². The summed E-state index contributed by atoms with van der Waals surface area (Å²) in [6, 6.07) is 9.61. The van der Waals surface area contributed by atoms with Crippen molar-refractivity contribution in [2.75, 3.05) is 11.9 Å². The summed E-state index contributed by atoms with van der Waals surface area (Å²) in [7, 11) is 0. The Labute approximate surface area is 200 Å². The van der Waals surface area contributed by atoms with Crippen LogP contribution in [0, 0.1) is 0 Å². The van der Waals surface area contributed by atoms with Crippen molar-refractivity contribution in [1.82, 2.24) is 24.5 Å². The summed E-state index contributed by atoms with van der Waals surface area (Å²) in [6.07, 6.45) is 4.85. The largest absolute Gasteiger partial charge is 0.455 e. The minimum atomic E-state index is -0.859. The van der Waals surface area contributed by atoms with Crippen molar-refractivity contribution in [3.05, 3.63) is 65.3 Å². The van der Waals surface area contributed by atoms with Gasteiger partial charge in [-0.3, -0.25) is 14.3 Å². The van der Waals surface area contributed by atoms with Gasteiger partial charge in [-0.05, 0) is 39.0 Å². The second-order valence-corrected chi connectivity index (χ2v) is 8.81. The predicted molar refractivity (Wildman–Crippen MR) is 127 cm³/mol. The number of nitrogens with one attached hydrogen (secondary N) is 2. The number of hydrogen-bond donors (Lipinski definition) is 2. The van der Waals surface area contributed by atoms with Crippen LogP contribution in [0.15, 0.2) is 59.8 Å². The van der Waals surface area contributed by atoms with Gasteiger partial charge in [0.25, 0.3) is 5.56 Å². The summed E-state index contributed by atoms with van der Waals surface area (Å²) in [6.45, 7) is 6.28. The molecule has 0 aliphatic carbocycles. The molecule has 35 heavy (non-hydrogen) atoms. The van der Waals surface area contributed by atoms with Crippen LogP contribution >= 0.6 is 0 Å². The molecule has 4 heterocycles. The maximum absolute atomic E-state index is 12.8. The van der Waals surface area contributed by atoms with Crippen molar-refractivity contribution in [3.63, 3.8) is 0 Å². The van der Waals surface area contributed by atoms with E-state index in [4.69, 9.17) is 14.2 Å². The van der Waals surface area contributed by atoms with E-state index in [9.17, 15) is 9.59 Å². The maximum atomic E-state index is 12.8. The minimum Gasteiger partial charge on any atom is -0.455 e. The molecule has 1 fully saturated rings. The average Bonchev–Trinajstić information content (AvgIpc) is 3.54. The summed E-state index contributed by atoms with van der Waals surface area (Å²) >= 11 is 0. The highest BCUT2D eigenvalue weighted by Gasteiger charge is 2.33. The van der Waals surface area contributed by atoms with Gasteiger partial charge in [-0.1, -0.05) is 6.07 Å². The molecule has 0 bridgehead atoms. The fourth-order valence-corrected chi connectivity index (χ4v) is 3.95. The average molecular weight is 479 g/mol. The molecule has 2 atom stereocenters. The van der Waals surface area contributed by atoms with E-state index in [1.54, 1.807) is 23.9 Å². The van der Waals surface area contributed by atoms with E-state index in [0.717, 1.165) is 15.6 Å². The fourth-order valence-electron chi connectivity index (χ4n) is 3.95. The van der Waals surface area contributed by atoms with Gasteiger partial charge in [0.05, 0.1) is 19.3 Å². The minimum absolute atomic E-state index is 0.125. The first kappa shape index (κ1) is 22.8. The van der Waals surface area contributed by atoms with E-state index in [-0.39, 0.29) is 11.9 Å². The number of fused-ring (bicyclic) bond motifs is 1. The summed E-state index contributed by atoms with van der Waals surface area (Å²) in [5.41, 5.74) is 0.461. The molecule has 5 rings (SSSR count). The number of ether oxygens (including phenoxy) is 3. The third-order valence-electron chi connectivity index (χ3n) is 5.68. The number of aromatic nitrogens is 5. The van der Waals surface area contributed by atoms with Gasteiger partial charge in [0.2, 0.25) is 5.91 Å². The second-order valence-electron chi connectivity index (χ2n) is 8.81. The zero-order valence-electron chi connectivity index (χ0n) is 19.6. The molecule has 11 nitrogen and oxygen atoms in total. The van der Waals surface area contributed by atoms with Crippen molar-refractivity contribution < 1.29 is 19.0 Å². The monoisotopic (exact) mass is 478 g/mol. The highest BCUT2D eigenvalue weighted by molar-refractivity contribution is 5.92. The lowest BCUT2D eigenvalue weighted by Gasteiger charge is -2.17. The van der Waals surface area contributed by atoms with Crippen molar-refractivity contribution >= 4 is 22.6 Å². The molecule has 1 saturated heterocycles. The van der Waals surface area contributed by atoms with Crippen LogP contribution in [0.1, 0.15) is 26.8 Å². The van der Waals surface area contributed by atoms with E-state index in [1.165, 1.54) is 12.3 Å². The molecule has 1 amide bonds. The maximum Gasteiger partial charge on any atom is 0.271 e. The van der Waals surface area contributed by atoms with Gasteiger partial charge in [-0.25, -0.2) is 4.68 Å². The molecule has 2 N–H and O–H groups in total. The molecule has 1 aliphatic heterocycles. The standard InChI is InChI=1S/C24H26N6O5/c1-15(23(32)27-21-8-10-29(28-21)13-17-14-33-24(2,3)35-17)30-22(31)11-16(12-26-30)34-20-6-4-5-19-18(20)7-9-25-19/h4-12,15,17,25H,13-14H2,1-3H3,(H,27,28,32)/t15?,17-/m1/s1. The van der Waals surface area contributed by atoms with Crippen molar-refractivity contribution in [3.8, 4) is 11.5 Å². The summed E-state index contributed by atoms with van der Waals surface area (Å²) in [5.74, 6) is 0.222. The zero-order valence-corrected chi connectivity index (χ0v) is 19.6. The first-order valence-corrected chi connectivity index (χ1v) is 11.3. The number of carbonyl (C=O) groups is 1. The molecule has 1 unspecified atom stereocenters. The van der Waals surface area contributed by atoms with Gasteiger partial charge in [0.1, 0.15) is 17.9 Å². The molecule has 0 saturated carbocycles. The van der Waals surface area contributed by atoms with Crippen LogP contribution in [0.4, 0.5) is 5.82 Å². The van der Waals surface area contributed by atoms with E-state index in [2.05, 4.69) is 20.5 Å². The molecule has 11 heteroatoms. The third kappa shape index (κ3) is 4.96. The van der Waals surface area contributed by atoms with Crippen molar-refractivity contribution in [1.29, 1.82) is 0 Å². The van der Waals surface area contributed by atoms with Crippen LogP contribution in [0.25, 0.3) is 10.9 Å². The Hall–Kier alpha value is -3.96. The Morgan fingerprint density at radius 2 is 2.20 bits per heavy atom. The molecule has 1 aliphatic rings. The van der Waals surface area contributed by atoms with Crippen LogP contribution in [-0.2, 0) is 20.8 Å². The number of anilines is 1. The van der Waals surface area contributed by atoms with Crippen molar-refractivity contribution in [2.24, 2.45) is 0 Å². The molecule has 3 aromatic heterocycles. The number of benzene rings is 1. The lowest BCUT2D eigenvalue weighted by atomic mass is 10.2. The second kappa shape index (κ2) is 9.01. The Morgan fingerprint density at radius 1 is 1.34 bits per heavy atom. The van der Waals surface area contributed by atoms with Crippen LogP contribution in [0.2, 0.25) is 0 Å². The number of aromatic amines is 1. The summed E-state index contributed by atoms with van der Waals surface area (Å²) < 4.78 is 20.0. The van der Waals surface area contributed by atoms with E-state index >= 15 is 0 Å². The zero-order chi connectivity index (χ0) is 24.6. The Balaban J connectivity index is 1.23. The Bertz CT molecular complexity index is 1420. The molecule has 4 aromatic rings. The third-order valence-corrected chi connectivity index (χ3v) is 5.68. The lowest BCUT2D eigenvalue weighted by Crippen LogP contribution is -2.33. The first-order chi connectivity index (χ1) is 16.8. The number of amides is 1. The van der Waals surface area contributed by atoms with E-state index in [1.807, 2.05) is 44.3 Å². The normalized spacial score (nSPS) is 18.0. The molecule has 182 valence electrons. The molecule has 0 spiro atoms. The van der Waals surface area contributed by atoms with Crippen LogP contribution in [0.3, 0.4) is 0 Å². The highest BCUT2D eigenvalue weighted by Crippen LogP contribution is 2.28. The number of rotatable bonds is 7. The number of hydrogen-bond acceptors (Lipinski definition) is 7. The number of H-pyrrole nitrogens is 1. The van der Waals surface area contributed by atoms with Gasteiger partial charge >= 0.3 is 0 Å². The Kier molecular flexibility index (Phi) is 5.87. The summed E-state index contributed by atoms with van der Waals surface area (Å²) in [5, 5.41) is 12.1. The van der Waals surface area contributed by atoms with Gasteiger partial charge in [0, 0.05) is 35.4 Å². The topological polar surface area (TPSA) is 125 Å². The predicted octanol–water partition coefficient (Wildman–Crippen LogP) is 3.06. The quantitative estimate of drug-likeness (QED) is 0.418. The smallest absolute Gasteiger partial charge is 0.271 e. The number of nitrogens with zero attached hydrogens (tertiary/aromatic N) is 4. The molecule has 0 radical (unpaired) electrons. The van der Waals surface area contributed by atoms with Crippen molar-refractivity contribution in [2.45, 2.75) is 45.2 Å². The highest BCUT2D eigenvalue weighted by atomic mass is 16.7. The van der Waals surface area contributed by atoms with Gasteiger partial charge in [-0.2, -0.15) is 10.2 Å². The first-order valence-electron chi connectivity index (χ1n) is 11.3. The lowest BCUT2D eigenvalue weighted by molar-refractivity contribution is -0.139. The molecular weight excluding hydrogens is 452 g/mol.